The van der Waals surface area contributed by atoms with E-state index in [-0.39, 0.29) is 17.9 Å². The van der Waals surface area contributed by atoms with Crippen molar-refractivity contribution in [2.24, 2.45) is 0 Å². The number of amides is 1. The maximum absolute atomic E-state index is 13.4. The van der Waals surface area contributed by atoms with Crippen LogP contribution in [0.4, 0.5) is 24.7 Å². The number of anilines is 2. The molecule has 1 aliphatic heterocycles. The average molecular weight is 431 g/mol. The molecule has 31 heavy (non-hydrogen) atoms. The molecule has 0 saturated heterocycles. The number of carbonyl (C=O) groups excluding carboxylic acids is 1. The molecule has 3 aromatic rings. The summed E-state index contributed by atoms with van der Waals surface area (Å²) in [4.78, 5) is 16.7. The molecule has 2 N–H and O–H groups in total. The van der Waals surface area contributed by atoms with Crippen LogP contribution in [0.2, 0.25) is 0 Å². The van der Waals surface area contributed by atoms with Gasteiger partial charge in [-0.1, -0.05) is 17.7 Å². The van der Waals surface area contributed by atoms with Crippen LogP contribution in [0.15, 0.2) is 48.7 Å². The number of carbonyl (C=O) groups is 1. The monoisotopic (exact) mass is 431 g/mol. The molecule has 0 fully saturated rings. The Morgan fingerprint density at radius 2 is 1.97 bits per heavy atom. The van der Waals surface area contributed by atoms with Crippen LogP contribution in [-0.2, 0) is 0 Å². The van der Waals surface area contributed by atoms with Crippen LogP contribution in [0.3, 0.4) is 0 Å². The Balaban J connectivity index is 1.46. The molecule has 2 aromatic heterocycles. The standard InChI is InChI=1S/C21H20F3N5O2/c1-12-3-6-15(7-4-12)31-19-8-5-14(11-25-19)27-20(30)16-10-18-26-13(2)9-17(21(22,23)24)29(18)28-16/h3-8,10-11,13,17,26H,9H2,1-2H3,(H,27,30)/t13-,17-/m1/s1. The molecule has 3 heterocycles. The minimum atomic E-state index is -4.46. The predicted octanol–water partition coefficient (Wildman–Crippen LogP) is 4.94. The number of benzene rings is 1. The topological polar surface area (TPSA) is 81.1 Å². The van der Waals surface area contributed by atoms with Gasteiger partial charge in [0.1, 0.15) is 11.6 Å². The molecule has 1 amide bonds. The molecule has 10 heteroatoms. The van der Waals surface area contributed by atoms with E-state index in [1.165, 1.54) is 12.3 Å². The normalized spacial score (nSPS) is 18.1. The second kappa shape index (κ2) is 7.93. The van der Waals surface area contributed by atoms with Crippen molar-refractivity contribution in [2.75, 3.05) is 10.6 Å². The number of nitrogens with one attached hydrogen (secondary N) is 2. The number of nitrogens with zero attached hydrogens (tertiary/aromatic N) is 3. The summed E-state index contributed by atoms with van der Waals surface area (Å²) in [5.41, 5.74) is 1.34. The fraction of sp³-hybridized carbons (Fsp3) is 0.286. The molecule has 7 nitrogen and oxygen atoms in total. The fourth-order valence-corrected chi connectivity index (χ4v) is 3.31. The van der Waals surface area contributed by atoms with E-state index in [1.807, 2.05) is 31.2 Å². The maximum Gasteiger partial charge on any atom is 0.410 e. The number of alkyl halides is 3. The number of ether oxygens (including phenoxy) is 1. The third-order valence-electron chi connectivity index (χ3n) is 4.85. The van der Waals surface area contributed by atoms with Crippen LogP contribution in [0, 0.1) is 6.92 Å². The van der Waals surface area contributed by atoms with E-state index >= 15 is 0 Å². The number of hydrogen-bond acceptors (Lipinski definition) is 5. The van der Waals surface area contributed by atoms with Crippen LogP contribution in [0.5, 0.6) is 11.6 Å². The van der Waals surface area contributed by atoms with Crippen molar-refractivity contribution >= 4 is 17.4 Å². The van der Waals surface area contributed by atoms with Crippen molar-refractivity contribution < 1.29 is 22.7 Å². The molecule has 0 radical (unpaired) electrons. The summed E-state index contributed by atoms with van der Waals surface area (Å²) in [7, 11) is 0. The number of aryl methyl sites for hydroxylation is 1. The maximum atomic E-state index is 13.4. The Labute approximate surface area is 176 Å². The summed E-state index contributed by atoms with van der Waals surface area (Å²) < 4.78 is 46.5. The van der Waals surface area contributed by atoms with Gasteiger partial charge in [-0.05, 0) is 38.5 Å². The van der Waals surface area contributed by atoms with Gasteiger partial charge in [-0.15, -0.1) is 0 Å². The highest BCUT2D eigenvalue weighted by atomic mass is 19.4. The summed E-state index contributed by atoms with van der Waals surface area (Å²) >= 11 is 0. The molecule has 1 aliphatic rings. The zero-order valence-electron chi connectivity index (χ0n) is 16.8. The first-order valence-corrected chi connectivity index (χ1v) is 9.64. The zero-order chi connectivity index (χ0) is 22.2. The van der Waals surface area contributed by atoms with Crippen molar-refractivity contribution in [1.29, 1.82) is 0 Å². The Morgan fingerprint density at radius 1 is 1.23 bits per heavy atom. The van der Waals surface area contributed by atoms with Gasteiger partial charge < -0.3 is 15.4 Å². The smallest absolute Gasteiger partial charge is 0.410 e. The molecule has 2 atom stereocenters. The molecular formula is C21H20F3N5O2. The van der Waals surface area contributed by atoms with Gasteiger partial charge in [-0.25, -0.2) is 9.67 Å². The number of fused-ring (bicyclic) bond motifs is 1. The molecule has 0 bridgehead atoms. The first-order valence-electron chi connectivity index (χ1n) is 9.64. The van der Waals surface area contributed by atoms with Gasteiger partial charge in [0.25, 0.3) is 5.91 Å². The highest BCUT2D eigenvalue weighted by molar-refractivity contribution is 6.03. The van der Waals surface area contributed by atoms with Crippen molar-refractivity contribution in [2.45, 2.75) is 38.5 Å². The molecule has 162 valence electrons. The first kappa shape index (κ1) is 20.7. The highest BCUT2D eigenvalue weighted by Crippen LogP contribution is 2.39. The van der Waals surface area contributed by atoms with E-state index < -0.39 is 24.2 Å². The molecular weight excluding hydrogens is 411 g/mol. The molecule has 1 aromatic carbocycles. The largest absolute Gasteiger partial charge is 0.439 e. The van der Waals surface area contributed by atoms with E-state index in [2.05, 4.69) is 20.7 Å². The second-order valence-corrected chi connectivity index (χ2v) is 7.45. The Morgan fingerprint density at radius 3 is 2.61 bits per heavy atom. The van der Waals surface area contributed by atoms with Gasteiger partial charge in [0.05, 0.1) is 11.9 Å². The summed E-state index contributed by atoms with van der Waals surface area (Å²) in [6.07, 6.45) is -3.22. The fourth-order valence-electron chi connectivity index (χ4n) is 3.31. The van der Waals surface area contributed by atoms with Gasteiger partial charge in [0.2, 0.25) is 5.88 Å². The van der Waals surface area contributed by atoms with Gasteiger partial charge >= 0.3 is 6.18 Å². The van der Waals surface area contributed by atoms with Gasteiger partial charge in [-0.3, -0.25) is 4.79 Å². The summed E-state index contributed by atoms with van der Waals surface area (Å²) in [6.45, 7) is 3.62. The lowest BCUT2D eigenvalue weighted by Crippen LogP contribution is -2.37. The Hall–Kier alpha value is -3.56. The number of aromatic nitrogens is 3. The Kier molecular flexibility index (Phi) is 5.30. The number of rotatable bonds is 4. The molecule has 0 spiro atoms. The SMILES string of the molecule is Cc1ccc(Oc2ccc(NC(=O)c3cc4n(n3)[C@@H](C(F)(F)F)C[C@@H](C)N4)cn2)cc1. The van der Waals surface area contributed by atoms with E-state index in [9.17, 15) is 18.0 Å². The van der Waals surface area contributed by atoms with Crippen LogP contribution >= 0.6 is 0 Å². The van der Waals surface area contributed by atoms with Crippen molar-refractivity contribution in [1.82, 2.24) is 14.8 Å². The molecule has 4 rings (SSSR count). The third-order valence-corrected chi connectivity index (χ3v) is 4.85. The minimum absolute atomic E-state index is 0.120. The van der Waals surface area contributed by atoms with E-state index in [4.69, 9.17) is 4.74 Å². The first-order chi connectivity index (χ1) is 14.7. The average Bonchev–Trinajstić information content (AvgIpc) is 3.14. The van der Waals surface area contributed by atoms with Crippen LogP contribution < -0.4 is 15.4 Å². The van der Waals surface area contributed by atoms with E-state index in [0.717, 1.165) is 10.2 Å². The van der Waals surface area contributed by atoms with Crippen LogP contribution in [-0.4, -0.2) is 32.9 Å². The highest BCUT2D eigenvalue weighted by Gasteiger charge is 2.45. The number of hydrogen-bond donors (Lipinski definition) is 2. The van der Waals surface area contributed by atoms with Gasteiger partial charge in [-0.2, -0.15) is 18.3 Å². The molecule has 0 saturated carbocycles. The minimum Gasteiger partial charge on any atom is -0.439 e. The quantitative estimate of drug-likeness (QED) is 0.612. The third kappa shape index (κ3) is 4.62. The van der Waals surface area contributed by atoms with Gasteiger partial charge in [0, 0.05) is 18.2 Å². The lowest BCUT2D eigenvalue weighted by molar-refractivity contribution is -0.173. The van der Waals surface area contributed by atoms with Crippen LogP contribution in [0.25, 0.3) is 0 Å². The van der Waals surface area contributed by atoms with Gasteiger partial charge in [0.15, 0.2) is 11.7 Å². The lowest BCUT2D eigenvalue weighted by Gasteiger charge is -2.31. The number of pyridine rings is 1. The second-order valence-electron chi connectivity index (χ2n) is 7.45. The van der Waals surface area contributed by atoms with Crippen molar-refractivity contribution in [3.63, 3.8) is 0 Å². The zero-order valence-corrected chi connectivity index (χ0v) is 16.8. The molecule has 0 aliphatic carbocycles. The summed E-state index contributed by atoms with van der Waals surface area (Å²) in [6, 6.07) is 9.76. The van der Waals surface area contributed by atoms with E-state index in [0.29, 0.717) is 17.3 Å². The van der Waals surface area contributed by atoms with E-state index in [1.54, 1.807) is 19.1 Å². The molecule has 0 unspecified atom stereocenters. The van der Waals surface area contributed by atoms with Crippen LogP contribution in [0.1, 0.15) is 35.4 Å². The lowest BCUT2D eigenvalue weighted by atomic mass is 10.1. The Bertz CT molecular complexity index is 1080. The number of halogens is 3. The summed E-state index contributed by atoms with van der Waals surface area (Å²) in [5, 5.41) is 9.40. The van der Waals surface area contributed by atoms with Crippen molar-refractivity contribution in [3.8, 4) is 11.6 Å². The van der Waals surface area contributed by atoms with Crippen molar-refractivity contribution in [3.05, 3.63) is 59.9 Å². The predicted molar refractivity (Wildman–Crippen MR) is 108 cm³/mol. The summed E-state index contributed by atoms with van der Waals surface area (Å²) in [5.74, 6) is 0.488.